The Labute approximate surface area is 131 Å². The number of ether oxygens (including phenoxy) is 1. The lowest BCUT2D eigenvalue weighted by molar-refractivity contribution is 0.403. The molecule has 0 atom stereocenters. The van der Waals surface area contributed by atoms with Crippen LogP contribution < -0.4 is 15.1 Å². The van der Waals surface area contributed by atoms with E-state index >= 15 is 0 Å². The topological polar surface area (TPSA) is 78.7 Å². The summed E-state index contributed by atoms with van der Waals surface area (Å²) in [6.45, 7) is 0. The van der Waals surface area contributed by atoms with Crippen molar-refractivity contribution in [2.75, 3.05) is 26.1 Å². The third kappa shape index (κ3) is 4.10. The summed E-state index contributed by atoms with van der Waals surface area (Å²) < 4.78 is 5.98. The molecule has 0 radical (unpaired) electrons. The van der Waals surface area contributed by atoms with Gasteiger partial charge in [0.25, 0.3) is 0 Å². The Kier molecular flexibility index (Phi) is 5.46. The highest BCUT2D eigenvalue weighted by Crippen LogP contribution is 2.29. The lowest BCUT2D eigenvalue weighted by Gasteiger charge is -2.09. The van der Waals surface area contributed by atoms with Gasteiger partial charge in [0.05, 0.1) is 7.11 Å². The lowest BCUT2D eigenvalue weighted by Crippen LogP contribution is -2.31. The molecule has 1 aromatic carbocycles. The van der Waals surface area contributed by atoms with Crippen LogP contribution in [0.4, 0.5) is 5.13 Å². The molecule has 1 heterocycles. The smallest absolute Gasteiger partial charge is 0.492 e. The van der Waals surface area contributed by atoms with Gasteiger partial charge in [0.2, 0.25) is 5.13 Å². The second-order valence-electron chi connectivity index (χ2n) is 4.48. The van der Waals surface area contributed by atoms with Crippen LogP contribution in [-0.2, 0) is 5.75 Å². The Morgan fingerprint density at radius 1 is 1.33 bits per heavy atom. The predicted octanol–water partition coefficient (Wildman–Crippen LogP) is 0.585. The normalized spacial score (nSPS) is 10.5. The Balaban J connectivity index is 2.07. The first kappa shape index (κ1) is 16.1. The molecule has 1 aromatic heterocycles. The van der Waals surface area contributed by atoms with Crippen molar-refractivity contribution in [2.24, 2.45) is 0 Å². The Morgan fingerprint density at radius 3 is 2.67 bits per heavy atom. The van der Waals surface area contributed by atoms with Crippen molar-refractivity contribution in [1.29, 1.82) is 0 Å². The van der Waals surface area contributed by atoms with E-state index in [0.717, 1.165) is 15.0 Å². The van der Waals surface area contributed by atoms with Crippen LogP contribution in [0.15, 0.2) is 22.5 Å². The van der Waals surface area contributed by atoms with Crippen molar-refractivity contribution in [2.45, 2.75) is 10.1 Å². The van der Waals surface area contributed by atoms with E-state index in [-0.39, 0.29) is 0 Å². The van der Waals surface area contributed by atoms with Gasteiger partial charge in [0, 0.05) is 25.3 Å². The molecule has 0 aliphatic heterocycles. The molecule has 6 nitrogen and oxygen atoms in total. The van der Waals surface area contributed by atoms with Crippen molar-refractivity contribution in [1.82, 2.24) is 10.2 Å². The average molecular weight is 325 g/mol. The number of anilines is 1. The quantitative estimate of drug-likeness (QED) is 0.594. The maximum atomic E-state index is 9.35. The van der Waals surface area contributed by atoms with Gasteiger partial charge in [0.1, 0.15) is 5.75 Å². The zero-order valence-corrected chi connectivity index (χ0v) is 13.6. The first-order valence-corrected chi connectivity index (χ1v) is 7.98. The van der Waals surface area contributed by atoms with Gasteiger partial charge < -0.3 is 19.7 Å². The average Bonchev–Trinajstić information content (AvgIpc) is 2.94. The van der Waals surface area contributed by atoms with Crippen LogP contribution in [0.3, 0.4) is 0 Å². The lowest BCUT2D eigenvalue weighted by atomic mass is 9.79. The molecule has 21 heavy (non-hydrogen) atoms. The molecule has 0 amide bonds. The largest absolute Gasteiger partial charge is 0.497 e. The number of hydrogen-bond acceptors (Lipinski definition) is 8. The van der Waals surface area contributed by atoms with Gasteiger partial charge in [-0.15, -0.1) is 10.2 Å². The number of benzene rings is 1. The van der Waals surface area contributed by atoms with Gasteiger partial charge in [0.15, 0.2) is 4.34 Å². The fourth-order valence-corrected chi connectivity index (χ4v) is 3.37. The highest BCUT2D eigenvalue weighted by Gasteiger charge is 2.17. The van der Waals surface area contributed by atoms with Crippen LogP contribution in [0.5, 0.6) is 5.75 Å². The molecule has 2 aromatic rings. The zero-order chi connectivity index (χ0) is 15.4. The fraction of sp³-hybridized carbons (Fsp3) is 0.333. The Hall–Kier alpha value is -1.29. The molecule has 2 rings (SSSR count). The highest BCUT2D eigenvalue weighted by molar-refractivity contribution is 8.00. The van der Waals surface area contributed by atoms with Gasteiger partial charge in [-0.25, -0.2) is 0 Å². The third-order valence-corrected chi connectivity index (χ3v) is 5.01. The third-order valence-electron chi connectivity index (χ3n) is 2.71. The SMILES string of the molecule is COc1ccc(CSc2nnc(N(C)C)s2)cc1B(O)O. The molecule has 0 fully saturated rings. The molecule has 0 aliphatic carbocycles. The molecule has 0 aliphatic rings. The van der Waals surface area contributed by atoms with E-state index < -0.39 is 7.12 Å². The van der Waals surface area contributed by atoms with Crippen LogP contribution in [0, 0.1) is 0 Å². The molecule has 9 heteroatoms. The minimum atomic E-state index is -1.55. The van der Waals surface area contributed by atoms with Crippen molar-refractivity contribution in [3.8, 4) is 5.75 Å². The molecule has 0 unspecified atom stereocenters. The number of thioether (sulfide) groups is 1. The number of aromatic nitrogens is 2. The zero-order valence-electron chi connectivity index (χ0n) is 12.0. The molecule has 0 bridgehead atoms. The maximum absolute atomic E-state index is 9.35. The predicted molar refractivity (Wildman–Crippen MR) is 86.6 cm³/mol. The van der Waals surface area contributed by atoms with Gasteiger partial charge in [-0.2, -0.15) is 0 Å². The van der Waals surface area contributed by atoms with Crippen LogP contribution in [-0.4, -0.2) is 48.6 Å². The molecule has 112 valence electrons. The number of rotatable bonds is 6. The van der Waals surface area contributed by atoms with Crippen molar-refractivity contribution < 1.29 is 14.8 Å². The minimum Gasteiger partial charge on any atom is -0.497 e. The number of nitrogens with zero attached hydrogens (tertiary/aromatic N) is 3. The second kappa shape index (κ2) is 7.12. The van der Waals surface area contributed by atoms with Crippen LogP contribution in [0.25, 0.3) is 0 Å². The molecule has 0 spiro atoms. The molecular formula is C12H16BN3O3S2. The van der Waals surface area contributed by atoms with Crippen molar-refractivity contribution in [3.05, 3.63) is 23.8 Å². The molecule has 0 saturated carbocycles. The van der Waals surface area contributed by atoms with E-state index in [4.69, 9.17) is 4.74 Å². The van der Waals surface area contributed by atoms with E-state index in [1.165, 1.54) is 18.4 Å². The monoisotopic (exact) mass is 325 g/mol. The minimum absolute atomic E-state index is 0.363. The fourth-order valence-electron chi connectivity index (χ4n) is 1.66. The van der Waals surface area contributed by atoms with Gasteiger partial charge in [-0.05, 0) is 11.6 Å². The first-order chi connectivity index (χ1) is 10.0. The molecule has 2 N–H and O–H groups in total. The standard InChI is InChI=1S/C12H16BN3O3S2/c1-16(2)11-14-15-12(21-11)20-7-8-4-5-10(19-3)9(6-8)13(17)18/h4-6,17-18H,7H2,1-3H3. The number of hydrogen-bond donors (Lipinski definition) is 2. The summed E-state index contributed by atoms with van der Waals surface area (Å²) in [4.78, 5) is 1.91. The van der Waals surface area contributed by atoms with E-state index in [9.17, 15) is 10.0 Å². The van der Waals surface area contributed by atoms with Crippen LogP contribution in [0.1, 0.15) is 5.56 Å². The van der Waals surface area contributed by atoms with Gasteiger partial charge >= 0.3 is 7.12 Å². The molecular weight excluding hydrogens is 309 g/mol. The summed E-state index contributed by atoms with van der Waals surface area (Å²) in [5.74, 6) is 1.13. The summed E-state index contributed by atoms with van der Waals surface area (Å²) in [6.07, 6.45) is 0. The summed E-state index contributed by atoms with van der Waals surface area (Å²) in [5.41, 5.74) is 1.33. The van der Waals surface area contributed by atoms with E-state index in [1.807, 2.05) is 25.1 Å². The maximum Gasteiger partial charge on any atom is 0.492 e. The van der Waals surface area contributed by atoms with E-state index in [0.29, 0.717) is 17.0 Å². The number of methoxy groups -OCH3 is 1. The van der Waals surface area contributed by atoms with Crippen LogP contribution in [0.2, 0.25) is 0 Å². The van der Waals surface area contributed by atoms with Crippen molar-refractivity contribution >= 4 is 40.8 Å². The van der Waals surface area contributed by atoms with Crippen LogP contribution >= 0.6 is 23.1 Å². The first-order valence-electron chi connectivity index (χ1n) is 6.18. The van der Waals surface area contributed by atoms with E-state index in [2.05, 4.69) is 10.2 Å². The summed E-state index contributed by atoms with van der Waals surface area (Å²) in [7, 11) is 3.80. The van der Waals surface area contributed by atoms with Gasteiger partial charge in [-0.3, -0.25) is 0 Å². The molecule has 0 saturated heterocycles. The Bertz CT molecular complexity index is 607. The summed E-state index contributed by atoms with van der Waals surface area (Å²) in [6, 6.07) is 5.35. The van der Waals surface area contributed by atoms with Crippen molar-refractivity contribution in [3.63, 3.8) is 0 Å². The van der Waals surface area contributed by atoms with Gasteiger partial charge in [-0.1, -0.05) is 35.2 Å². The Morgan fingerprint density at radius 2 is 2.10 bits per heavy atom. The summed E-state index contributed by atoms with van der Waals surface area (Å²) in [5, 5.41) is 27.8. The summed E-state index contributed by atoms with van der Waals surface area (Å²) >= 11 is 3.08. The highest BCUT2D eigenvalue weighted by atomic mass is 32.2. The van der Waals surface area contributed by atoms with E-state index in [1.54, 1.807) is 23.9 Å². The second-order valence-corrected chi connectivity index (χ2v) is 6.66.